The molecule has 2 unspecified atom stereocenters. The number of hydrogen-bond acceptors (Lipinski definition) is 4. The van der Waals surface area contributed by atoms with Crippen molar-refractivity contribution in [2.24, 2.45) is 11.8 Å². The molecule has 86 valence electrons. The SMILES string of the molecule is CCC(C)C(CCOCCOC)NN. The zero-order chi connectivity index (χ0) is 10.8. The molecule has 4 nitrogen and oxygen atoms in total. The number of hydrogen-bond donors (Lipinski definition) is 2. The maximum absolute atomic E-state index is 5.46. The van der Waals surface area contributed by atoms with Crippen LogP contribution in [-0.2, 0) is 9.47 Å². The molecule has 0 heterocycles. The molecule has 0 rings (SSSR count). The van der Waals surface area contributed by atoms with Crippen LogP contribution in [0.25, 0.3) is 0 Å². The highest BCUT2D eigenvalue weighted by Crippen LogP contribution is 2.09. The predicted octanol–water partition coefficient (Wildman–Crippen LogP) is 0.918. The smallest absolute Gasteiger partial charge is 0.0700 e. The fourth-order valence-electron chi connectivity index (χ4n) is 1.27. The predicted molar refractivity (Wildman–Crippen MR) is 57.9 cm³/mol. The molecular formula is C10H24N2O2. The lowest BCUT2D eigenvalue weighted by Crippen LogP contribution is -2.40. The monoisotopic (exact) mass is 204 g/mol. The molecule has 0 radical (unpaired) electrons. The van der Waals surface area contributed by atoms with Crippen LogP contribution in [-0.4, -0.2) is 33.0 Å². The Bertz CT molecular complexity index is 123. The van der Waals surface area contributed by atoms with E-state index in [9.17, 15) is 0 Å². The molecule has 0 spiro atoms. The first-order chi connectivity index (χ1) is 6.76. The fraction of sp³-hybridized carbons (Fsp3) is 1.00. The van der Waals surface area contributed by atoms with E-state index in [-0.39, 0.29) is 0 Å². The van der Waals surface area contributed by atoms with Crippen molar-refractivity contribution in [2.45, 2.75) is 32.7 Å². The molecule has 0 aliphatic rings. The number of nitrogens with two attached hydrogens (primary N) is 1. The molecule has 3 N–H and O–H groups in total. The number of nitrogens with one attached hydrogen (secondary N) is 1. The van der Waals surface area contributed by atoms with Crippen LogP contribution in [0.4, 0.5) is 0 Å². The van der Waals surface area contributed by atoms with Crippen molar-refractivity contribution in [3.63, 3.8) is 0 Å². The molecular weight excluding hydrogens is 180 g/mol. The van der Waals surface area contributed by atoms with E-state index in [0.29, 0.717) is 25.2 Å². The molecule has 0 aromatic carbocycles. The first-order valence-corrected chi connectivity index (χ1v) is 5.29. The quantitative estimate of drug-likeness (QED) is 0.333. The van der Waals surface area contributed by atoms with Gasteiger partial charge in [-0.1, -0.05) is 20.3 Å². The van der Waals surface area contributed by atoms with Crippen molar-refractivity contribution in [2.75, 3.05) is 26.9 Å². The van der Waals surface area contributed by atoms with E-state index in [1.165, 1.54) is 0 Å². The average Bonchev–Trinajstić information content (AvgIpc) is 2.22. The molecule has 0 saturated heterocycles. The fourth-order valence-corrected chi connectivity index (χ4v) is 1.27. The second-order valence-corrected chi connectivity index (χ2v) is 3.55. The summed E-state index contributed by atoms with van der Waals surface area (Å²) < 4.78 is 10.3. The standard InChI is InChI=1S/C10H24N2O2/c1-4-9(2)10(12-11)5-6-14-8-7-13-3/h9-10,12H,4-8,11H2,1-3H3. The van der Waals surface area contributed by atoms with Gasteiger partial charge >= 0.3 is 0 Å². The third-order valence-electron chi connectivity index (χ3n) is 2.55. The second kappa shape index (κ2) is 9.40. The van der Waals surface area contributed by atoms with Gasteiger partial charge < -0.3 is 9.47 Å². The van der Waals surface area contributed by atoms with Crippen molar-refractivity contribution in [3.05, 3.63) is 0 Å². The molecule has 0 amide bonds. The molecule has 0 aliphatic heterocycles. The highest BCUT2D eigenvalue weighted by molar-refractivity contribution is 4.69. The summed E-state index contributed by atoms with van der Waals surface area (Å²) >= 11 is 0. The first-order valence-electron chi connectivity index (χ1n) is 5.29. The van der Waals surface area contributed by atoms with Gasteiger partial charge in [0.05, 0.1) is 13.2 Å². The minimum Gasteiger partial charge on any atom is -0.382 e. The zero-order valence-corrected chi connectivity index (χ0v) is 9.58. The van der Waals surface area contributed by atoms with Crippen LogP contribution in [0, 0.1) is 5.92 Å². The summed E-state index contributed by atoms with van der Waals surface area (Å²) in [7, 11) is 1.67. The first kappa shape index (κ1) is 13.8. The van der Waals surface area contributed by atoms with Crippen LogP contribution in [0.2, 0.25) is 0 Å². The number of rotatable bonds is 9. The summed E-state index contributed by atoms with van der Waals surface area (Å²) in [6, 6.07) is 0.350. The number of ether oxygens (including phenoxy) is 2. The molecule has 0 aliphatic carbocycles. The minimum absolute atomic E-state index is 0.350. The molecule has 2 atom stereocenters. The van der Waals surface area contributed by atoms with Crippen LogP contribution in [0.1, 0.15) is 26.7 Å². The molecule has 4 heteroatoms. The van der Waals surface area contributed by atoms with Crippen LogP contribution in [0.3, 0.4) is 0 Å². The van der Waals surface area contributed by atoms with Crippen LogP contribution < -0.4 is 11.3 Å². The number of methoxy groups -OCH3 is 1. The maximum Gasteiger partial charge on any atom is 0.0700 e. The van der Waals surface area contributed by atoms with E-state index >= 15 is 0 Å². The van der Waals surface area contributed by atoms with E-state index in [4.69, 9.17) is 15.3 Å². The third kappa shape index (κ3) is 6.32. The second-order valence-electron chi connectivity index (χ2n) is 3.55. The Balaban J connectivity index is 3.42. The Morgan fingerprint density at radius 1 is 1.29 bits per heavy atom. The molecule has 0 saturated carbocycles. The van der Waals surface area contributed by atoms with E-state index in [0.717, 1.165) is 19.4 Å². The average molecular weight is 204 g/mol. The van der Waals surface area contributed by atoms with E-state index < -0.39 is 0 Å². The van der Waals surface area contributed by atoms with E-state index in [1.54, 1.807) is 7.11 Å². The van der Waals surface area contributed by atoms with Gasteiger partial charge in [0.1, 0.15) is 0 Å². The normalized spacial score (nSPS) is 15.4. The van der Waals surface area contributed by atoms with Crippen LogP contribution in [0.5, 0.6) is 0 Å². The topological polar surface area (TPSA) is 56.5 Å². The van der Waals surface area contributed by atoms with Gasteiger partial charge in [-0.2, -0.15) is 0 Å². The van der Waals surface area contributed by atoms with Gasteiger partial charge in [-0.15, -0.1) is 0 Å². The van der Waals surface area contributed by atoms with Gasteiger partial charge in [0, 0.05) is 19.8 Å². The van der Waals surface area contributed by atoms with Gasteiger partial charge in [-0.3, -0.25) is 11.3 Å². The van der Waals surface area contributed by atoms with Crippen molar-refractivity contribution >= 4 is 0 Å². The lowest BCUT2D eigenvalue weighted by atomic mass is 9.97. The third-order valence-corrected chi connectivity index (χ3v) is 2.55. The van der Waals surface area contributed by atoms with Gasteiger partial charge in [0.15, 0.2) is 0 Å². The lowest BCUT2D eigenvalue weighted by Gasteiger charge is -2.21. The Hall–Kier alpha value is -0.160. The van der Waals surface area contributed by atoms with Crippen molar-refractivity contribution in [3.8, 4) is 0 Å². The summed E-state index contributed by atoms with van der Waals surface area (Å²) in [4.78, 5) is 0. The summed E-state index contributed by atoms with van der Waals surface area (Å²) in [5, 5.41) is 0. The Labute approximate surface area is 87.1 Å². The van der Waals surface area contributed by atoms with Gasteiger partial charge in [-0.05, 0) is 12.3 Å². The summed E-state index contributed by atoms with van der Waals surface area (Å²) in [5.41, 5.74) is 2.83. The molecule has 0 bridgehead atoms. The molecule has 0 aromatic rings. The van der Waals surface area contributed by atoms with Crippen LogP contribution in [0.15, 0.2) is 0 Å². The molecule has 0 aromatic heterocycles. The minimum atomic E-state index is 0.350. The molecule has 0 fully saturated rings. The van der Waals surface area contributed by atoms with E-state index in [1.807, 2.05) is 0 Å². The highest BCUT2D eigenvalue weighted by atomic mass is 16.5. The lowest BCUT2D eigenvalue weighted by molar-refractivity contribution is 0.0631. The van der Waals surface area contributed by atoms with Gasteiger partial charge in [0.2, 0.25) is 0 Å². The maximum atomic E-state index is 5.46. The summed E-state index contributed by atoms with van der Waals surface area (Å²) in [5.74, 6) is 6.05. The molecule has 14 heavy (non-hydrogen) atoms. The van der Waals surface area contributed by atoms with Crippen molar-refractivity contribution in [1.29, 1.82) is 0 Å². The Morgan fingerprint density at radius 2 is 2.00 bits per heavy atom. The largest absolute Gasteiger partial charge is 0.382 e. The van der Waals surface area contributed by atoms with Crippen molar-refractivity contribution in [1.82, 2.24) is 5.43 Å². The Kier molecular flexibility index (Phi) is 9.29. The Morgan fingerprint density at radius 3 is 2.50 bits per heavy atom. The summed E-state index contributed by atoms with van der Waals surface area (Å²) in [6.07, 6.45) is 2.09. The van der Waals surface area contributed by atoms with Gasteiger partial charge in [0.25, 0.3) is 0 Å². The van der Waals surface area contributed by atoms with E-state index in [2.05, 4.69) is 19.3 Å². The highest BCUT2D eigenvalue weighted by Gasteiger charge is 2.13. The zero-order valence-electron chi connectivity index (χ0n) is 9.58. The van der Waals surface area contributed by atoms with Gasteiger partial charge in [-0.25, -0.2) is 0 Å². The van der Waals surface area contributed by atoms with Crippen molar-refractivity contribution < 1.29 is 9.47 Å². The summed E-state index contributed by atoms with van der Waals surface area (Å²) in [6.45, 7) is 6.42. The number of hydrazine groups is 1. The van der Waals surface area contributed by atoms with Crippen LogP contribution >= 0.6 is 0 Å².